The van der Waals surface area contributed by atoms with Crippen molar-refractivity contribution in [3.63, 3.8) is 0 Å². The Balaban J connectivity index is 0.000000208. The van der Waals surface area contributed by atoms with Crippen LogP contribution in [0, 0.1) is 0 Å². The van der Waals surface area contributed by atoms with Crippen LogP contribution in [0.25, 0.3) is 33.5 Å². The average Bonchev–Trinajstić information content (AvgIpc) is 4.14. The lowest BCUT2D eigenvalue weighted by molar-refractivity contribution is -0.0511. The van der Waals surface area contributed by atoms with Gasteiger partial charge in [0.1, 0.15) is 78.8 Å². The molecule has 3 aliphatic heterocycles. The van der Waals surface area contributed by atoms with Crippen LogP contribution in [0.4, 0.5) is 5.82 Å². The van der Waals surface area contributed by atoms with Gasteiger partial charge in [0.25, 0.3) is 5.56 Å². The highest BCUT2D eigenvalue weighted by Crippen LogP contribution is 2.34. The van der Waals surface area contributed by atoms with Crippen LogP contribution < -0.4 is 17.0 Å². The Morgan fingerprint density at radius 3 is 1.25 bits per heavy atom. The summed E-state index contributed by atoms with van der Waals surface area (Å²) in [5.74, 6) is -0.0639. The number of aliphatic hydroxyl groups excluding tert-OH is 9. The maximum Gasteiger partial charge on any atom is 0.466 e. The number of H-pyrrole nitrogens is 2. The molecule has 6 aromatic heterocycles. The minimum absolute atomic E-state index is 0.0256. The summed E-state index contributed by atoms with van der Waals surface area (Å²) in [7, 11) is -13.9. The minimum atomic E-state index is -4.64. The molecule has 0 saturated carbocycles. The van der Waals surface area contributed by atoms with E-state index >= 15 is 0 Å². The summed E-state index contributed by atoms with van der Waals surface area (Å²) >= 11 is 0. The molecule has 0 amide bonds. The molecule has 23 N–H and O–H groups in total. The molecule has 3 saturated heterocycles. The average molecular weight is 1110 g/mol. The van der Waals surface area contributed by atoms with Gasteiger partial charge in [-0.1, -0.05) is 0 Å². The largest absolute Gasteiger partial charge is 0.492 e. The van der Waals surface area contributed by atoms with E-state index in [0.29, 0.717) is 11.2 Å². The number of nitrogen functional groups attached to an aromatic ring is 1. The molecule has 40 nitrogen and oxygen atoms in total. The Kier molecular flexibility index (Phi) is 20.5. The second kappa shape index (κ2) is 24.8. The Hall–Kier alpha value is -5.30. The number of aromatic amines is 2. The van der Waals surface area contributed by atoms with E-state index in [-0.39, 0.29) is 34.0 Å². The number of hydrogen-bond donors (Lipinski definition) is 22. The first-order valence-corrected chi connectivity index (χ1v) is 24.2. The van der Waals surface area contributed by atoms with Crippen molar-refractivity contribution in [1.82, 2.24) is 58.6 Å². The third-order valence-electron chi connectivity index (χ3n) is 9.57. The number of hydrogen-bond acceptors (Lipinski definition) is 26. The van der Waals surface area contributed by atoms with Gasteiger partial charge >= 0.3 is 29.2 Å². The van der Waals surface area contributed by atoms with Gasteiger partial charge in [-0.3, -0.25) is 28.5 Å². The molecule has 0 radical (unpaired) electrons. The summed E-state index contributed by atoms with van der Waals surface area (Å²) in [6.07, 6.45) is -6.64. The zero-order valence-corrected chi connectivity index (χ0v) is 38.8. The number of rotatable bonds is 6. The van der Waals surface area contributed by atoms with Gasteiger partial charge in [-0.25, -0.2) is 48.4 Å². The van der Waals surface area contributed by atoms with Crippen LogP contribution in [0.1, 0.15) is 18.7 Å². The Bertz CT molecular complexity index is 2850. The number of anilines is 1. The molecule has 3 aliphatic rings. The topological polar surface area (TPSA) is 660 Å². The molecule has 9 heterocycles. The van der Waals surface area contributed by atoms with E-state index in [4.69, 9.17) is 93.0 Å². The summed E-state index contributed by atoms with van der Waals surface area (Å²) in [5.41, 5.74) is 5.52. The maximum atomic E-state index is 11.6. The highest BCUT2D eigenvalue weighted by atomic mass is 31.2. The van der Waals surface area contributed by atoms with E-state index < -0.39 is 128 Å². The fourth-order valence-corrected chi connectivity index (χ4v) is 6.56. The van der Waals surface area contributed by atoms with Crippen molar-refractivity contribution in [2.24, 2.45) is 0 Å². The van der Waals surface area contributed by atoms with Gasteiger partial charge in [0.05, 0.1) is 38.8 Å². The number of aromatic hydroxyl groups is 1. The fraction of sp³-hybridized carbons (Fsp3) is 0.500. The van der Waals surface area contributed by atoms with E-state index in [9.17, 15) is 45.3 Å². The van der Waals surface area contributed by atoms with Crippen LogP contribution >= 0.6 is 23.5 Å². The van der Waals surface area contributed by atoms with Crippen molar-refractivity contribution in [2.75, 3.05) is 25.6 Å². The number of nitrogens with two attached hydrogens (primary N) is 1. The van der Waals surface area contributed by atoms with E-state index in [0.717, 1.165) is 6.33 Å². The molecule has 3 fully saturated rings. The monoisotopic (exact) mass is 1110 g/mol. The predicted molar refractivity (Wildman–Crippen MR) is 230 cm³/mol. The highest BCUT2D eigenvalue weighted by Gasteiger charge is 2.46. The fourth-order valence-electron chi connectivity index (χ4n) is 6.56. The van der Waals surface area contributed by atoms with E-state index in [2.05, 4.69) is 39.9 Å². The van der Waals surface area contributed by atoms with Crippen molar-refractivity contribution in [2.45, 2.75) is 73.6 Å². The van der Waals surface area contributed by atoms with Crippen molar-refractivity contribution >= 4 is 62.8 Å². The molecule has 0 spiro atoms. The molecule has 408 valence electrons. The zero-order chi connectivity index (χ0) is 55.1. The first kappa shape index (κ1) is 60.3. The van der Waals surface area contributed by atoms with Gasteiger partial charge in [-0.2, -0.15) is 4.98 Å². The summed E-state index contributed by atoms with van der Waals surface area (Å²) in [5, 5.41) is 95.6. The summed E-state index contributed by atoms with van der Waals surface area (Å²) in [6.45, 7) is -1.28. The number of nitrogens with one attached hydrogen (secondary N) is 2. The van der Waals surface area contributed by atoms with Crippen LogP contribution in [0.3, 0.4) is 0 Å². The smallest absolute Gasteiger partial charge is 0.466 e. The van der Waals surface area contributed by atoms with E-state index in [1.54, 1.807) is 0 Å². The predicted octanol–water partition coefficient (Wildman–Crippen LogP) is -9.60. The van der Waals surface area contributed by atoms with Crippen LogP contribution in [-0.2, 0) is 27.9 Å². The molecule has 6 aromatic rings. The number of nitrogens with zero attached hydrogens (tertiary/aromatic N) is 10. The molecule has 0 unspecified atom stereocenters. The molecular formula is C30H46N13O27P3. The Morgan fingerprint density at radius 2 is 0.849 bits per heavy atom. The first-order chi connectivity index (χ1) is 33.8. The van der Waals surface area contributed by atoms with Crippen molar-refractivity contribution in [3.05, 3.63) is 52.5 Å². The SMILES string of the molecule is Nc1ncnc2c1ncn2[C@@H]1O[C@H](CO)[C@@H](O)[C@H]1O.O=P(O)(O)O.O=P(O)(O)O.O=P(O)(O)O.O=c1[nH]c(=O)c2ncn([C@@H]3O[C@H](CO)[C@@H](O)[C@H]3O)c2[nH]1.OC[C@H]1O[C@@H](n2cnc3c(O)ncnc32)[C@H](O)[C@@H]1O. The van der Waals surface area contributed by atoms with Crippen molar-refractivity contribution in [1.29, 1.82) is 0 Å². The van der Waals surface area contributed by atoms with E-state index in [1.807, 2.05) is 4.98 Å². The molecule has 12 atom stereocenters. The van der Waals surface area contributed by atoms with Crippen LogP contribution in [-0.4, -0.2) is 228 Å². The van der Waals surface area contributed by atoms with E-state index in [1.165, 1.54) is 39.0 Å². The zero-order valence-electron chi connectivity index (χ0n) is 36.1. The van der Waals surface area contributed by atoms with Gasteiger partial charge in [0.15, 0.2) is 46.8 Å². The third kappa shape index (κ3) is 16.1. The van der Waals surface area contributed by atoms with Crippen LogP contribution in [0.15, 0.2) is 41.2 Å². The summed E-state index contributed by atoms with van der Waals surface area (Å²) < 4.78 is 46.8. The molecule has 0 bridgehead atoms. The summed E-state index contributed by atoms with van der Waals surface area (Å²) in [4.78, 5) is 119. The Morgan fingerprint density at radius 1 is 0.507 bits per heavy atom. The number of aliphatic hydroxyl groups is 9. The molecule has 0 aliphatic carbocycles. The van der Waals surface area contributed by atoms with Gasteiger partial charge in [-0.15, -0.1) is 0 Å². The first-order valence-electron chi connectivity index (χ1n) is 19.5. The van der Waals surface area contributed by atoms with Gasteiger partial charge < -0.3 is 115 Å². The van der Waals surface area contributed by atoms with Gasteiger partial charge in [0.2, 0.25) is 5.88 Å². The molecular weight excluding hydrogens is 1070 g/mol. The molecule has 0 aromatic carbocycles. The molecule has 43 heteroatoms. The Labute approximate surface area is 401 Å². The second-order valence-corrected chi connectivity index (χ2v) is 17.7. The van der Waals surface area contributed by atoms with Crippen LogP contribution in [0.2, 0.25) is 0 Å². The third-order valence-corrected chi connectivity index (χ3v) is 9.57. The lowest BCUT2D eigenvalue weighted by atomic mass is 10.1. The lowest BCUT2D eigenvalue weighted by Gasteiger charge is -2.16. The number of aromatic nitrogens is 12. The minimum Gasteiger partial charge on any atom is -0.492 e. The molecule has 73 heavy (non-hydrogen) atoms. The maximum absolute atomic E-state index is 11.6. The number of fused-ring (bicyclic) bond motifs is 3. The molecule has 9 rings (SSSR count). The van der Waals surface area contributed by atoms with Gasteiger partial charge in [-0.05, 0) is 0 Å². The summed E-state index contributed by atoms with van der Waals surface area (Å²) in [6, 6.07) is 0. The number of imidazole rings is 3. The highest BCUT2D eigenvalue weighted by molar-refractivity contribution is 7.45. The number of ether oxygens (including phenoxy) is 3. The lowest BCUT2D eigenvalue weighted by Crippen LogP contribution is -2.33. The normalized spacial score (nSPS) is 26.9. The van der Waals surface area contributed by atoms with Crippen LogP contribution in [0.5, 0.6) is 5.88 Å². The van der Waals surface area contributed by atoms with Crippen molar-refractivity contribution in [3.8, 4) is 5.88 Å². The standard InChI is InChI=1S/C10H13N5O4.C10H12N4O6.C10H12N4O5.3H3O4P/c11-8-5-9(13-2-12-8)15(3-14-5)10-7(18)6(17)4(1-16)19-10;15-1-3-5(16)6(17)9(20-3)14-2-11-4-7(14)12-10(19)13-8(4)18;15-1-4-6(16)7(17)10(19-4)14-3-13-5-8(14)11-2-12-9(5)18;3*1-5(2,3)4/h2-4,6-7,10,16-18H,1H2,(H2,11,12,13);2-3,5-6,9,15-17H,1H2,(H2,12,13,18,19);2-4,6-7,10,15-17H,1H2,(H,11,12,18);3*(H3,1,2,3,4)/t4-,6-,7-,10-;3-,5-,6-,9-;4-,6-,7-,10-;;;/m111.../s1. The quantitative estimate of drug-likeness (QED) is 0.0689. The number of phosphoric acid groups is 3. The van der Waals surface area contributed by atoms with Crippen molar-refractivity contribution < 1.29 is 123 Å². The van der Waals surface area contributed by atoms with Gasteiger partial charge in [0, 0.05) is 0 Å². The second-order valence-electron chi connectivity index (χ2n) is 14.6.